The van der Waals surface area contributed by atoms with Crippen molar-refractivity contribution in [3.8, 4) is 0 Å². The van der Waals surface area contributed by atoms with Crippen LogP contribution in [0, 0.1) is 0 Å². The third-order valence-electron chi connectivity index (χ3n) is 4.30. The van der Waals surface area contributed by atoms with Crippen molar-refractivity contribution in [1.82, 2.24) is 4.90 Å². The van der Waals surface area contributed by atoms with Crippen LogP contribution in [0.4, 0.5) is 0 Å². The SMILES string of the molecule is CC(CCN)SC1CC(=O)N(C2CCCCCC2)C1=O. The summed E-state index contributed by atoms with van der Waals surface area (Å²) in [5, 5.41) is 0.170. The fourth-order valence-electron chi connectivity index (χ4n) is 3.21. The summed E-state index contributed by atoms with van der Waals surface area (Å²) in [6, 6.07) is 0.160. The van der Waals surface area contributed by atoms with Crippen LogP contribution in [0.1, 0.15) is 58.3 Å². The first-order valence-electron chi connectivity index (χ1n) is 7.85. The van der Waals surface area contributed by atoms with Gasteiger partial charge in [-0.05, 0) is 25.8 Å². The first kappa shape index (κ1) is 15.8. The molecule has 2 fully saturated rings. The van der Waals surface area contributed by atoms with Crippen LogP contribution in [-0.2, 0) is 9.59 Å². The van der Waals surface area contributed by atoms with Crippen molar-refractivity contribution in [3.05, 3.63) is 0 Å². The van der Waals surface area contributed by atoms with Crippen LogP contribution in [0.15, 0.2) is 0 Å². The minimum atomic E-state index is -0.174. The predicted octanol–water partition coefficient (Wildman–Crippen LogP) is 2.31. The van der Waals surface area contributed by atoms with Gasteiger partial charge in [-0.25, -0.2) is 0 Å². The van der Waals surface area contributed by atoms with Gasteiger partial charge in [0.2, 0.25) is 11.8 Å². The normalized spacial score (nSPS) is 26.9. The highest BCUT2D eigenvalue weighted by Gasteiger charge is 2.42. The van der Waals surface area contributed by atoms with Crippen LogP contribution in [0.3, 0.4) is 0 Å². The van der Waals surface area contributed by atoms with Crippen molar-refractivity contribution in [2.45, 2.75) is 74.8 Å². The van der Waals surface area contributed by atoms with E-state index >= 15 is 0 Å². The summed E-state index contributed by atoms with van der Waals surface area (Å²) in [6.45, 7) is 2.72. The molecule has 2 rings (SSSR count). The van der Waals surface area contributed by atoms with Crippen molar-refractivity contribution in [2.24, 2.45) is 5.73 Å². The molecular formula is C15H26N2O2S. The van der Waals surface area contributed by atoms with Crippen molar-refractivity contribution < 1.29 is 9.59 Å². The van der Waals surface area contributed by atoms with Crippen molar-refractivity contribution in [2.75, 3.05) is 6.54 Å². The summed E-state index contributed by atoms with van der Waals surface area (Å²) in [5.74, 6) is 0.0927. The van der Waals surface area contributed by atoms with E-state index in [4.69, 9.17) is 5.73 Å². The summed E-state index contributed by atoms with van der Waals surface area (Å²) in [6.07, 6.45) is 8.02. The number of amides is 2. The van der Waals surface area contributed by atoms with E-state index < -0.39 is 0 Å². The van der Waals surface area contributed by atoms with Gasteiger partial charge < -0.3 is 5.73 Å². The molecule has 0 aromatic heterocycles. The Morgan fingerprint density at radius 1 is 1.25 bits per heavy atom. The first-order valence-corrected chi connectivity index (χ1v) is 8.79. The maximum absolute atomic E-state index is 12.5. The molecule has 0 aromatic carbocycles. The van der Waals surface area contributed by atoms with E-state index in [9.17, 15) is 9.59 Å². The Labute approximate surface area is 125 Å². The lowest BCUT2D eigenvalue weighted by Gasteiger charge is -2.25. The fourth-order valence-corrected chi connectivity index (χ4v) is 4.51. The lowest BCUT2D eigenvalue weighted by molar-refractivity contribution is -0.141. The average molecular weight is 298 g/mol. The van der Waals surface area contributed by atoms with Crippen LogP contribution in [0.25, 0.3) is 0 Å². The maximum atomic E-state index is 12.5. The Bertz CT molecular complexity index is 354. The highest BCUT2D eigenvalue weighted by Crippen LogP contribution is 2.33. The average Bonchev–Trinajstić information content (AvgIpc) is 2.61. The van der Waals surface area contributed by atoms with Gasteiger partial charge in [-0.2, -0.15) is 0 Å². The number of hydrogen-bond acceptors (Lipinski definition) is 4. The van der Waals surface area contributed by atoms with Gasteiger partial charge in [-0.15, -0.1) is 11.8 Å². The summed E-state index contributed by atoms with van der Waals surface area (Å²) >= 11 is 1.62. The molecule has 0 radical (unpaired) electrons. The highest BCUT2D eigenvalue weighted by atomic mass is 32.2. The molecule has 4 nitrogen and oxygen atoms in total. The molecular weight excluding hydrogens is 272 g/mol. The van der Waals surface area contributed by atoms with E-state index in [0.717, 1.165) is 32.1 Å². The number of hydrogen-bond donors (Lipinski definition) is 1. The van der Waals surface area contributed by atoms with Crippen LogP contribution in [0.5, 0.6) is 0 Å². The lowest BCUT2D eigenvalue weighted by Crippen LogP contribution is -2.40. The molecule has 0 spiro atoms. The Morgan fingerprint density at radius 2 is 1.90 bits per heavy atom. The fraction of sp³-hybridized carbons (Fsp3) is 0.867. The minimum Gasteiger partial charge on any atom is -0.330 e. The number of likely N-dealkylation sites (tertiary alicyclic amines) is 1. The van der Waals surface area contributed by atoms with Crippen LogP contribution >= 0.6 is 11.8 Å². The summed E-state index contributed by atoms with van der Waals surface area (Å²) in [7, 11) is 0. The molecule has 5 heteroatoms. The largest absolute Gasteiger partial charge is 0.330 e. The molecule has 0 bridgehead atoms. The van der Waals surface area contributed by atoms with E-state index in [1.807, 2.05) is 0 Å². The Kier molecular flexibility index (Phi) is 5.90. The summed E-state index contributed by atoms with van der Waals surface area (Å²) < 4.78 is 0. The molecule has 1 aliphatic heterocycles. The Morgan fingerprint density at radius 3 is 2.50 bits per heavy atom. The van der Waals surface area contributed by atoms with Crippen molar-refractivity contribution in [1.29, 1.82) is 0 Å². The number of nitrogens with two attached hydrogens (primary N) is 1. The van der Waals surface area contributed by atoms with E-state index in [2.05, 4.69) is 6.92 Å². The van der Waals surface area contributed by atoms with E-state index in [-0.39, 0.29) is 23.1 Å². The van der Waals surface area contributed by atoms with Gasteiger partial charge in [0.1, 0.15) is 0 Å². The summed E-state index contributed by atoms with van der Waals surface area (Å²) in [4.78, 5) is 26.3. The monoisotopic (exact) mass is 298 g/mol. The standard InChI is InChI=1S/C15H26N2O2S/c1-11(8-9-16)20-13-10-14(18)17(15(13)19)12-6-4-2-3-5-7-12/h11-13H,2-10,16H2,1H3. The molecule has 20 heavy (non-hydrogen) atoms. The third-order valence-corrected chi connectivity index (χ3v) is 5.70. The first-order chi connectivity index (χ1) is 9.63. The zero-order chi connectivity index (χ0) is 14.5. The molecule has 1 heterocycles. The van der Waals surface area contributed by atoms with Crippen LogP contribution < -0.4 is 5.73 Å². The molecule has 2 unspecified atom stereocenters. The number of imide groups is 1. The second-order valence-corrected chi connectivity index (χ2v) is 7.61. The molecule has 2 atom stereocenters. The molecule has 1 saturated carbocycles. The number of thioether (sulfide) groups is 1. The van der Waals surface area contributed by atoms with Gasteiger partial charge in [0.15, 0.2) is 0 Å². The smallest absolute Gasteiger partial charge is 0.243 e. The third kappa shape index (κ3) is 3.76. The molecule has 2 aliphatic rings. The molecule has 0 aromatic rings. The van der Waals surface area contributed by atoms with Crippen LogP contribution in [-0.4, -0.2) is 39.8 Å². The lowest BCUT2D eigenvalue weighted by atomic mass is 10.1. The minimum absolute atomic E-state index is 0.0411. The molecule has 2 N–H and O–H groups in total. The quantitative estimate of drug-likeness (QED) is 0.625. The van der Waals surface area contributed by atoms with Gasteiger partial charge in [0.05, 0.1) is 5.25 Å². The zero-order valence-corrected chi connectivity index (χ0v) is 13.2. The molecule has 114 valence electrons. The molecule has 1 saturated heterocycles. The predicted molar refractivity (Wildman–Crippen MR) is 82.5 cm³/mol. The number of nitrogens with zero attached hydrogens (tertiary/aromatic N) is 1. The Hall–Kier alpha value is -0.550. The van der Waals surface area contributed by atoms with Gasteiger partial charge in [0, 0.05) is 17.7 Å². The van der Waals surface area contributed by atoms with E-state index in [0.29, 0.717) is 18.2 Å². The molecule has 1 aliphatic carbocycles. The van der Waals surface area contributed by atoms with Crippen molar-refractivity contribution >= 4 is 23.6 Å². The molecule has 2 amide bonds. The van der Waals surface area contributed by atoms with Gasteiger partial charge in [-0.1, -0.05) is 32.6 Å². The van der Waals surface area contributed by atoms with Crippen molar-refractivity contribution in [3.63, 3.8) is 0 Å². The summed E-state index contributed by atoms with van der Waals surface area (Å²) in [5.41, 5.74) is 5.55. The maximum Gasteiger partial charge on any atom is 0.243 e. The van der Waals surface area contributed by atoms with Crippen LogP contribution in [0.2, 0.25) is 0 Å². The topological polar surface area (TPSA) is 63.4 Å². The second kappa shape index (κ2) is 7.46. The zero-order valence-electron chi connectivity index (χ0n) is 12.3. The van der Waals surface area contributed by atoms with Gasteiger partial charge in [-0.3, -0.25) is 14.5 Å². The second-order valence-electron chi connectivity index (χ2n) is 5.96. The van der Waals surface area contributed by atoms with Gasteiger partial charge >= 0.3 is 0 Å². The highest BCUT2D eigenvalue weighted by molar-refractivity contribution is 8.01. The van der Waals surface area contributed by atoms with E-state index in [1.165, 1.54) is 12.8 Å². The van der Waals surface area contributed by atoms with Gasteiger partial charge in [0.25, 0.3) is 0 Å². The number of rotatable bonds is 5. The van der Waals surface area contributed by atoms with E-state index in [1.54, 1.807) is 16.7 Å². The number of carbonyl (C=O) groups excluding carboxylic acids is 2. The number of carbonyl (C=O) groups is 2. The Balaban J connectivity index is 1.97.